The molecule has 0 aliphatic heterocycles. The van der Waals surface area contributed by atoms with Gasteiger partial charge in [-0.05, 0) is 32.0 Å². The first-order chi connectivity index (χ1) is 12.8. The quantitative estimate of drug-likeness (QED) is 0.594. The number of Topliss-reactive ketones (excluding diaryl/α,β-unsaturated/α-hetero) is 1. The smallest absolute Gasteiger partial charge is 0.337 e. The molecule has 0 saturated carbocycles. The monoisotopic (exact) mass is 390 g/mol. The molecule has 0 atom stereocenters. The van der Waals surface area contributed by atoms with Crippen LogP contribution in [0.25, 0.3) is 0 Å². The summed E-state index contributed by atoms with van der Waals surface area (Å²) < 4.78 is 5.41. The highest BCUT2D eigenvalue weighted by Gasteiger charge is 2.15. The Kier molecular flexibility index (Phi) is 6.79. The molecule has 2 rings (SSSR count). The molecule has 3 N–H and O–H groups in total. The van der Waals surface area contributed by atoms with E-state index in [2.05, 4.69) is 10.6 Å². The summed E-state index contributed by atoms with van der Waals surface area (Å²) in [6, 6.07) is 9.12. The Balaban J connectivity index is 2.16. The molecule has 2 aromatic carbocycles. The van der Waals surface area contributed by atoms with Gasteiger partial charge in [0.05, 0.1) is 29.4 Å². The number of carboxylic acids is 1. The number of benzene rings is 2. The number of hydrogen-bond acceptors (Lipinski definition) is 5. The summed E-state index contributed by atoms with van der Waals surface area (Å²) in [6.45, 7) is 3.41. The normalized spacial score (nSPS) is 10.2. The van der Waals surface area contributed by atoms with Crippen LogP contribution >= 0.6 is 11.6 Å². The van der Waals surface area contributed by atoms with Gasteiger partial charge in [-0.15, -0.1) is 0 Å². The minimum Gasteiger partial charge on any atom is -0.492 e. The molecule has 27 heavy (non-hydrogen) atoms. The third kappa shape index (κ3) is 5.21. The van der Waals surface area contributed by atoms with Crippen molar-refractivity contribution in [2.24, 2.45) is 0 Å². The summed E-state index contributed by atoms with van der Waals surface area (Å²) in [7, 11) is 0. The third-order valence-electron chi connectivity index (χ3n) is 3.62. The molecule has 0 heterocycles. The highest BCUT2D eigenvalue weighted by Crippen LogP contribution is 2.31. The van der Waals surface area contributed by atoms with Crippen LogP contribution < -0.4 is 15.4 Å². The number of rotatable bonds is 8. The maximum absolute atomic E-state index is 12.2. The molecule has 0 saturated heterocycles. The number of aromatic carboxylic acids is 1. The fourth-order valence-electron chi connectivity index (χ4n) is 2.41. The molecule has 0 fully saturated rings. The van der Waals surface area contributed by atoms with Crippen molar-refractivity contribution in [2.45, 2.75) is 13.8 Å². The molecule has 0 unspecified atom stereocenters. The van der Waals surface area contributed by atoms with Crippen LogP contribution in [0.1, 0.15) is 34.6 Å². The lowest BCUT2D eigenvalue weighted by Gasteiger charge is -2.14. The van der Waals surface area contributed by atoms with Gasteiger partial charge in [-0.3, -0.25) is 9.59 Å². The average molecular weight is 391 g/mol. The van der Waals surface area contributed by atoms with Gasteiger partial charge >= 0.3 is 5.97 Å². The van der Waals surface area contributed by atoms with Crippen LogP contribution in [-0.4, -0.2) is 35.9 Å². The van der Waals surface area contributed by atoms with Crippen LogP contribution in [0.15, 0.2) is 36.4 Å². The molecule has 142 valence electrons. The maximum Gasteiger partial charge on any atom is 0.337 e. The van der Waals surface area contributed by atoms with E-state index in [1.165, 1.54) is 25.1 Å². The Morgan fingerprint density at radius 3 is 2.44 bits per heavy atom. The van der Waals surface area contributed by atoms with E-state index in [4.69, 9.17) is 21.4 Å². The minimum atomic E-state index is -1.14. The van der Waals surface area contributed by atoms with Crippen LogP contribution in [0.5, 0.6) is 5.75 Å². The zero-order chi connectivity index (χ0) is 20.0. The number of hydrogen-bond donors (Lipinski definition) is 3. The number of nitrogens with one attached hydrogen (secondary N) is 2. The van der Waals surface area contributed by atoms with E-state index in [0.29, 0.717) is 28.6 Å². The standard InChI is InChI=1S/C19H19ClN2O5/c1-3-27-17-9-16(13(11(2)23)8-14(17)20)21-10-18(24)22-15-7-5-4-6-12(15)19(25)26/h4-9,21H,3,10H2,1-2H3,(H,22,24)(H,25,26). The van der Waals surface area contributed by atoms with Crippen molar-refractivity contribution < 1.29 is 24.2 Å². The Labute approximate surface area is 161 Å². The fraction of sp³-hybridized carbons (Fsp3) is 0.211. The second-order valence-electron chi connectivity index (χ2n) is 5.57. The molecular formula is C19H19ClN2O5. The predicted octanol–water partition coefficient (Wildman–Crippen LogP) is 3.69. The second kappa shape index (κ2) is 9.05. The van der Waals surface area contributed by atoms with Crippen molar-refractivity contribution in [1.82, 2.24) is 0 Å². The lowest BCUT2D eigenvalue weighted by Crippen LogP contribution is -2.23. The molecular weight excluding hydrogens is 372 g/mol. The summed E-state index contributed by atoms with van der Waals surface area (Å²) in [5.74, 6) is -1.44. The van der Waals surface area contributed by atoms with Gasteiger partial charge in [-0.2, -0.15) is 0 Å². The number of amides is 1. The summed E-state index contributed by atoms with van der Waals surface area (Å²) in [6.07, 6.45) is 0. The van der Waals surface area contributed by atoms with E-state index in [-0.39, 0.29) is 23.6 Å². The SMILES string of the molecule is CCOc1cc(NCC(=O)Nc2ccccc2C(=O)O)c(C(C)=O)cc1Cl. The molecule has 0 aliphatic carbocycles. The van der Waals surface area contributed by atoms with E-state index in [9.17, 15) is 14.4 Å². The van der Waals surface area contributed by atoms with Crippen LogP contribution in [-0.2, 0) is 4.79 Å². The molecule has 1 amide bonds. The fourth-order valence-corrected chi connectivity index (χ4v) is 2.62. The van der Waals surface area contributed by atoms with Crippen molar-refractivity contribution in [3.8, 4) is 5.75 Å². The first-order valence-electron chi connectivity index (χ1n) is 8.16. The van der Waals surface area contributed by atoms with Gasteiger partial charge in [0, 0.05) is 17.3 Å². The summed E-state index contributed by atoms with van der Waals surface area (Å²) >= 11 is 6.10. The maximum atomic E-state index is 12.2. The lowest BCUT2D eigenvalue weighted by molar-refractivity contribution is -0.114. The van der Waals surface area contributed by atoms with E-state index in [1.54, 1.807) is 25.1 Å². The van der Waals surface area contributed by atoms with Crippen LogP contribution in [0.2, 0.25) is 5.02 Å². The largest absolute Gasteiger partial charge is 0.492 e. The van der Waals surface area contributed by atoms with Gasteiger partial charge < -0.3 is 20.5 Å². The zero-order valence-electron chi connectivity index (χ0n) is 14.8. The van der Waals surface area contributed by atoms with Gasteiger partial charge in [0.15, 0.2) is 5.78 Å². The van der Waals surface area contributed by atoms with Gasteiger partial charge in [-0.25, -0.2) is 4.79 Å². The van der Waals surface area contributed by atoms with Crippen molar-refractivity contribution >= 4 is 40.6 Å². The number of carbonyl (C=O) groups is 3. The minimum absolute atomic E-state index is 0.0135. The number of ether oxygens (including phenoxy) is 1. The Bertz CT molecular complexity index is 882. The Morgan fingerprint density at radius 1 is 1.11 bits per heavy atom. The number of halogens is 1. The van der Waals surface area contributed by atoms with Crippen molar-refractivity contribution in [3.05, 3.63) is 52.5 Å². The Hall–Kier alpha value is -3.06. The lowest BCUT2D eigenvalue weighted by atomic mass is 10.1. The Morgan fingerprint density at radius 2 is 1.81 bits per heavy atom. The molecule has 0 spiro atoms. The molecule has 8 heteroatoms. The van der Waals surface area contributed by atoms with Crippen LogP contribution in [0.4, 0.5) is 11.4 Å². The van der Waals surface area contributed by atoms with Gasteiger partial charge in [0.2, 0.25) is 5.91 Å². The molecule has 2 aromatic rings. The van der Waals surface area contributed by atoms with E-state index >= 15 is 0 Å². The predicted molar refractivity (Wildman–Crippen MR) is 103 cm³/mol. The van der Waals surface area contributed by atoms with Crippen LogP contribution in [0, 0.1) is 0 Å². The number of ketones is 1. The number of carboxylic acid groups (broad SMARTS) is 1. The zero-order valence-corrected chi connectivity index (χ0v) is 15.6. The van der Waals surface area contributed by atoms with Gasteiger partial charge in [0.25, 0.3) is 0 Å². The highest BCUT2D eigenvalue weighted by atomic mass is 35.5. The van der Waals surface area contributed by atoms with Gasteiger partial charge in [-0.1, -0.05) is 23.7 Å². The first kappa shape index (κ1) is 20.3. The van der Waals surface area contributed by atoms with E-state index in [0.717, 1.165) is 0 Å². The topological polar surface area (TPSA) is 105 Å². The van der Waals surface area contributed by atoms with E-state index < -0.39 is 11.9 Å². The number of para-hydroxylation sites is 1. The van der Waals surface area contributed by atoms with Crippen LogP contribution in [0.3, 0.4) is 0 Å². The summed E-state index contributed by atoms with van der Waals surface area (Å²) in [4.78, 5) is 35.3. The second-order valence-corrected chi connectivity index (χ2v) is 5.98. The number of anilines is 2. The van der Waals surface area contributed by atoms with Crippen molar-refractivity contribution in [2.75, 3.05) is 23.8 Å². The third-order valence-corrected chi connectivity index (χ3v) is 3.92. The average Bonchev–Trinajstić information content (AvgIpc) is 2.62. The van der Waals surface area contributed by atoms with E-state index in [1.807, 2.05) is 0 Å². The number of carbonyl (C=O) groups excluding carboxylic acids is 2. The molecule has 0 aromatic heterocycles. The molecule has 0 bridgehead atoms. The first-order valence-corrected chi connectivity index (χ1v) is 8.54. The summed E-state index contributed by atoms with van der Waals surface area (Å²) in [5.41, 5.74) is 0.898. The van der Waals surface area contributed by atoms with Gasteiger partial charge in [0.1, 0.15) is 5.75 Å². The molecule has 7 nitrogen and oxygen atoms in total. The highest BCUT2D eigenvalue weighted by molar-refractivity contribution is 6.32. The molecule has 0 aliphatic rings. The molecule has 0 radical (unpaired) electrons. The summed E-state index contributed by atoms with van der Waals surface area (Å²) in [5, 5.41) is 14.9. The van der Waals surface area contributed by atoms with Crippen molar-refractivity contribution in [3.63, 3.8) is 0 Å². The van der Waals surface area contributed by atoms with Crippen molar-refractivity contribution in [1.29, 1.82) is 0 Å².